The number of pyridine rings is 1. The highest BCUT2D eigenvalue weighted by Gasteiger charge is 2.14. The summed E-state index contributed by atoms with van der Waals surface area (Å²) in [6.45, 7) is 0.787. The fourth-order valence-electron chi connectivity index (χ4n) is 3.19. The molecule has 2 aromatic carbocycles. The minimum atomic E-state index is -0.852. The molecule has 4 rings (SSSR count). The number of fused-ring (bicyclic) bond motifs is 1. The molecule has 0 atom stereocenters. The van der Waals surface area contributed by atoms with Crippen molar-refractivity contribution in [3.05, 3.63) is 78.2 Å². The second kappa shape index (κ2) is 8.86. The molecule has 158 valence electrons. The summed E-state index contributed by atoms with van der Waals surface area (Å²) in [5.41, 5.74) is 2.03. The van der Waals surface area contributed by atoms with Gasteiger partial charge in [0.05, 0.1) is 5.69 Å². The third-order valence-electron chi connectivity index (χ3n) is 4.63. The van der Waals surface area contributed by atoms with Gasteiger partial charge in [-0.25, -0.2) is 27.9 Å². The Morgan fingerprint density at radius 3 is 2.55 bits per heavy atom. The topological polar surface area (TPSA) is 71.8 Å². The Morgan fingerprint density at radius 2 is 1.77 bits per heavy atom. The molecule has 0 aliphatic rings. The van der Waals surface area contributed by atoms with Gasteiger partial charge in [-0.1, -0.05) is 0 Å². The smallest absolute Gasteiger partial charge is 0.319 e. The zero-order valence-electron chi connectivity index (χ0n) is 16.3. The van der Waals surface area contributed by atoms with Gasteiger partial charge in [0.2, 0.25) is 0 Å². The fraction of sp³-hybridized carbons (Fsp3) is 0.136. The lowest BCUT2D eigenvalue weighted by Gasteiger charge is -2.11. The van der Waals surface area contributed by atoms with E-state index in [-0.39, 0.29) is 11.5 Å². The van der Waals surface area contributed by atoms with Crippen LogP contribution in [0.5, 0.6) is 0 Å². The Bertz CT molecular complexity index is 1220. The first-order valence-electron chi connectivity index (χ1n) is 9.58. The number of hydrogen-bond acceptors (Lipinski definition) is 3. The number of carbonyl (C=O) groups is 1. The quantitative estimate of drug-likeness (QED) is 0.439. The molecule has 2 amide bonds. The monoisotopic (exact) mass is 425 g/mol. The third kappa shape index (κ3) is 4.66. The number of anilines is 1. The van der Waals surface area contributed by atoms with Crippen molar-refractivity contribution >= 4 is 22.9 Å². The van der Waals surface area contributed by atoms with E-state index < -0.39 is 17.7 Å². The van der Waals surface area contributed by atoms with Crippen LogP contribution in [0.15, 0.2) is 60.8 Å². The van der Waals surface area contributed by atoms with Crippen LogP contribution in [0, 0.1) is 17.5 Å². The van der Waals surface area contributed by atoms with Gasteiger partial charge in [-0.15, -0.1) is 0 Å². The summed E-state index contributed by atoms with van der Waals surface area (Å²) in [4.78, 5) is 21.0. The molecule has 31 heavy (non-hydrogen) atoms. The van der Waals surface area contributed by atoms with Crippen molar-refractivity contribution in [2.45, 2.75) is 13.0 Å². The number of hydrogen-bond donors (Lipinski definition) is 2. The molecule has 9 heteroatoms. The van der Waals surface area contributed by atoms with Gasteiger partial charge in [0.25, 0.3) is 0 Å². The Morgan fingerprint density at radius 1 is 1.00 bits per heavy atom. The molecule has 0 saturated heterocycles. The van der Waals surface area contributed by atoms with Crippen LogP contribution in [0.4, 0.5) is 23.7 Å². The van der Waals surface area contributed by atoms with E-state index in [1.165, 1.54) is 12.1 Å². The number of halogens is 3. The van der Waals surface area contributed by atoms with Crippen molar-refractivity contribution in [1.29, 1.82) is 0 Å². The van der Waals surface area contributed by atoms with E-state index >= 15 is 0 Å². The molecule has 6 nitrogen and oxygen atoms in total. The number of benzene rings is 2. The highest BCUT2D eigenvalue weighted by atomic mass is 19.1. The zero-order valence-corrected chi connectivity index (χ0v) is 16.3. The molecule has 0 aliphatic carbocycles. The van der Waals surface area contributed by atoms with E-state index in [0.717, 1.165) is 17.7 Å². The van der Waals surface area contributed by atoms with Crippen LogP contribution in [0.2, 0.25) is 0 Å². The fourth-order valence-corrected chi connectivity index (χ4v) is 3.19. The minimum Gasteiger partial charge on any atom is -0.338 e. The molecule has 0 fully saturated rings. The summed E-state index contributed by atoms with van der Waals surface area (Å²) >= 11 is 0. The molecule has 4 aromatic rings. The Hall–Kier alpha value is -3.88. The maximum atomic E-state index is 13.6. The molecule has 2 N–H and O–H groups in total. The van der Waals surface area contributed by atoms with Gasteiger partial charge in [0.15, 0.2) is 5.65 Å². The first-order chi connectivity index (χ1) is 15.0. The maximum absolute atomic E-state index is 13.6. The summed E-state index contributed by atoms with van der Waals surface area (Å²) in [6.07, 6.45) is 2.20. The number of nitrogens with one attached hydrogen (secondary N) is 2. The first-order valence-corrected chi connectivity index (χ1v) is 9.58. The highest BCUT2D eigenvalue weighted by Crippen LogP contribution is 2.24. The summed E-state index contributed by atoms with van der Waals surface area (Å²) < 4.78 is 41.8. The Kier molecular flexibility index (Phi) is 5.83. The second-order valence-corrected chi connectivity index (χ2v) is 6.80. The molecule has 0 spiro atoms. The van der Waals surface area contributed by atoms with Gasteiger partial charge in [-0.3, -0.25) is 0 Å². The number of amides is 2. The van der Waals surface area contributed by atoms with Gasteiger partial charge >= 0.3 is 6.03 Å². The third-order valence-corrected chi connectivity index (χ3v) is 4.63. The van der Waals surface area contributed by atoms with E-state index in [1.807, 2.05) is 10.6 Å². The molecular weight excluding hydrogens is 407 g/mol. The highest BCUT2D eigenvalue weighted by molar-refractivity contribution is 5.89. The average Bonchev–Trinajstić information content (AvgIpc) is 3.12. The molecule has 0 radical (unpaired) electrons. The number of urea groups is 1. The van der Waals surface area contributed by atoms with E-state index in [4.69, 9.17) is 0 Å². The van der Waals surface area contributed by atoms with E-state index in [0.29, 0.717) is 42.6 Å². The maximum Gasteiger partial charge on any atom is 0.319 e. The van der Waals surface area contributed by atoms with Gasteiger partial charge in [0.1, 0.15) is 28.8 Å². The number of rotatable bonds is 6. The average molecular weight is 425 g/mol. The lowest BCUT2D eigenvalue weighted by molar-refractivity contribution is 0.251. The van der Waals surface area contributed by atoms with Crippen molar-refractivity contribution in [3.8, 4) is 11.4 Å². The molecule has 0 unspecified atom stereocenters. The standard InChI is InChI=1S/C22H18F3N5O/c23-15-6-4-14(5-7-15)20-28-19-3-1-10-26-21(19)30(20)12-2-11-27-22(31)29-18-9-8-16(24)13-17(18)25/h1,3-10,13H,2,11-12H2,(H2,27,29,31). The van der Waals surface area contributed by atoms with Crippen LogP contribution in [0.3, 0.4) is 0 Å². The predicted molar refractivity (Wildman–Crippen MR) is 111 cm³/mol. The number of imidazole rings is 1. The number of carbonyl (C=O) groups excluding carboxylic acids is 1. The Labute approximate surface area is 175 Å². The lowest BCUT2D eigenvalue weighted by Crippen LogP contribution is -2.30. The summed E-state index contributed by atoms with van der Waals surface area (Å²) in [7, 11) is 0. The van der Waals surface area contributed by atoms with E-state index in [1.54, 1.807) is 24.4 Å². The van der Waals surface area contributed by atoms with Crippen LogP contribution in [-0.2, 0) is 6.54 Å². The summed E-state index contributed by atoms with van der Waals surface area (Å²) in [6, 6.07) is 12.0. The molecular formula is C22H18F3N5O. The van der Waals surface area contributed by atoms with Crippen LogP contribution < -0.4 is 10.6 Å². The van der Waals surface area contributed by atoms with Crippen molar-refractivity contribution in [2.24, 2.45) is 0 Å². The predicted octanol–water partition coefficient (Wildman–Crippen LogP) is 4.73. The molecule has 2 heterocycles. The zero-order chi connectivity index (χ0) is 21.8. The van der Waals surface area contributed by atoms with Crippen LogP contribution in [0.1, 0.15) is 6.42 Å². The second-order valence-electron chi connectivity index (χ2n) is 6.80. The van der Waals surface area contributed by atoms with E-state index in [9.17, 15) is 18.0 Å². The normalized spacial score (nSPS) is 10.9. The summed E-state index contributed by atoms with van der Waals surface area (Å²) in [5.74, 6) is -1.26. The van der Waals surface area contributed by atoms with Gasteiger partial charge in [-0.05, 0) is 55.0 Å². The molecule has 0 aliphatic heterocycles. The van der Waals surface area contributed by atoms with Crippen molar-refractivity contribution in [1.82, 2.24) is 19.9 Å². The minimum absolute atomic E-state index is 0.109. The van der Waals surface area contributed by atoms with Crippen molar-refractivity contribution in [2.75, 3.05) is 11.9 Å². The SMILES string of the molecule is O=C(NCCCn1c(-c2ccc(F)cc2)nc2cccnc21)Nc1ccc(F)cc1F. The van der Waals surface area contributed by atoms with Crippen molar-refractivity contribution in [3.63, 3.8) is 0 Å². The van der Waals surface area contributed by atoms with Gasteiger partial charge < -0.3 is 15.2 Å². The molecule has 2 aromatic heterocycles. The van der Waals surface area contributed by atoms with Crippen LogP contribution >= 0.6 is 0 Å². The van der Waals surface area contributed by atoms with Crippen molar-refractivity contribution < 1.29 is 18.0 Å². The van der Waals surface area contributed by atoms with Gasteiger partial charge in [-0.2, -0.15) is 0 Å². The lowest BCUT2D eigenvalue weighted by atomic mass is 10.2. The van der Waals surface area contributed by atoms with Crippen LogP contribution in [0.25, 0.3) is 22.6 Å². The number of aromatic nitrogens is 3. The van der Waals surface area contributed by atoms with E-state index in [2.05, 4.69) is 20.6 Å². The molecule has 0 bridgehead atoms. The number of aryl methyl sites for hydroxylation is 1. The first kappa shape index (κ1) is 20.4. The molecule has 0 saturated carbocycles. The summed E-state index contributed by atoms with van der Waals surface area (Å²) in [5, 5.41) is 4.98. The van der Waals surface area contributed by atoms with Gasteiger partial charge in [0, 0.05) is 30.9 Å². The van der Waals surface area contributed by atoms with Crippen LogP contribution in [-0.4, -0.2) is 27.1 Å². The number of nitrogens with zero attached hydrogens (tertiary/aromatic N) is 3. The Balaban J connectivity index is 1.42. The largest absolute Gasteiger partial charge is 0.338 e.